The lowest BCUT2D eigenvalue weighted by Gasteiger charge is -2.28. The zero-order chi connectivity index (χ0) is 23.2. The molecule has 0 fully saturated rings. The van der Waals surface area contributed by atoms with E-state index in [1.807, 2.05) is 0 Å². The first kappa shape index (κ1) is 23.9. The first-order chi connectivity index (χ1) is 15.2. The third kappa shape index (κ3) is 5.93. The van der Waals surface area contributed by atoms with Gasteiger partial charge >= 0.3 is 6.18 Å². The third-order valence-electron chi connectivity index (χ3n) is 4.59. The molecule has 0 heterocycles. The van der Waals surface area contributed by atoms with Gasteiger partial charge in [0.25, 0.3) is 5.67 Å². The number of alkyl halides is 4. The van der Waals surface area contributed by atoms with Gasteiger partial charge in [-0.3, -0.25) is 0 Å². The van der Waals surface area contributed by atoms with Crippen LogP contribution in [0.1, 0.15) is 18.1 Å². The maximum Gasteiger partial charge on any atom is 0.429 e. The molecular formula is C24H21ClF4O3. The monoisotopic (exact) mass is 468 g/mol. The summed E-state index contributed by atoms with van der Waals surface area (Å²) >= 11 is 5.84. The minimum absolute atomic E-state index is 0.226. The molecule has 0 amide bonds. The first-order valence-corrected chi connectivity index (χ1v) is 10.2. The summed E-state index contributed by atoms with van der Waals surface area (Å²) in [6, 6.07) is 18.0. The Balaban J connectivity index is 1.67. The van der Waals surface area contributed by atoms with Crippen LogP contribution in [0.2, 0.25) is 5.02 Å². The molecule has 0 saturated carbocycles. The second-order valence-electron chi connectivity index (χ2n) is 6.95. The molecule has 0 saturated heterocycles. The summed E-state index contributed by atoms with van der Waals surface area (Å²) in [5, 5.41) is 0.561. The molecule has 3 aromatic carbocycles. The van der Waals surface area contributed by atoms with Gasteiger partial charge in [0.1, 0.15) is 17.2 Å². The van der Waals surface area contributed by atoms with E-state index in [1.165, 1.54) is 12.1 Å². The summed E-state index contributed by atoms with van der Waals surface area (Å²) in [6.45, 7) is 0.680. The Bertz CT molecular complexity index is 1010. The fourth-order valence-electron chi connectivity index (χ4n) is 2.96. The SMILES string of the molecule is CCOc1ccc(C(F)(COCc2cccc(Oc3ccc(Cl)cc3)c2)C(F)(F)F)cc1. The second kappa shape index (κ2) is 10.2. The van der Waals surface area contributed by atoms with E-state index in [0.29, 0.717) is 34.4 Å². The van der Waals surface area contributed by atoms with E-state index in [9.17, 15) is 13.2 Å². The zero-order valence-electron chi connectivity index (χ0n) is 17.2. The molecule has 8 heteroatoms. The fourth-order valence-corrected chi connectivity index (χ4v) is 3.08. The summed E-state index contributed by atoms with van der Waals surface area (Å²) < 4.78 is 71.9. The molecule has 0 radical (unpaired) electrons. The van der Waals surface area contributed by atoms with Gasteiger partial charge in [0.15, 0.2) is 0 Å². The molecule has 3 nitrogen and oxygen atoms in total. The van der Waals surface area contributed by atoms with Crippen LogP contribution in [0.4, 0.5) is 17.6 Å². The Labute approximate surface area is 188 Å². The van der Waals surface area contributed by atoms with Crippen LogP contribution in [-0.2, 0) is 17.0 Å². The van der Waals surface area contributed by atoms with Crippen LogP contribution in [0.5, 0.6) is 17.2 Å². The predicted octanol–water partition coefficient (Wildman–Crippen LogP) is 7.47. The molecule has 3 rings (SSSR count). The lowest BCUT2D eigenvalue weighted by molar-refractivity contribution is -0.252. The number of benzene rings is 3. The topological polar surface area (TPSA) is 27.7 Å². The summed E-state index contributed by atoms with van der Waals surface area (Å²) in [5.41, 5.74) is -3.67. The fraction of sp³-hybridized carbons (Fsp3) is 0.250. The molecule has 0 aromatic heterocycles. The Morgan fingerprint density at radius 2 is 1.47 bits per heavy atom. The average molecular weight is 469 g/mol. The standard InChI is InChI=1S/C24H21ClF4O3/c1-2-31-20-10-6-18(7-11-20)23(26,24(27,28)29)16-30-15-17-4-3-5-22(14-17)32-21-12-8-19(25)9-13-21/h3-14H,2,15-16H2,1H3. The van der Waals surface area contributed by atoms with Crippen LogP contribution in [-0.4, -0.2) is 19.4 Å². The largest absolute Gasteiger partial charge is 0.494 e. The first-order valence-electron chi connectivity index (χ1n) is 9.80. The highest BCUT2D eigenvalue weighted by molar-refractivity contribution is 6.30. The summed E-state index contributed by atoms with van der Waals surface area (Å²) in [7, 11) is 0. The van der Waals surface area contributed by atoms with Gasteiger partial charge in [-0.1, -0.05) is 35.9 Å². The highest BCUT2D eigenvalue weighted by atomic mass is 35.5. The van der Waals surface area contributed by atoms with Crippen molar-refractivity contribution < 1.29 is 31.8 Å². The van der Waals surface area contributed by atoms with Crippen molar-refractivity contribution in [3.63, 3.8) is 0 Å². The number of hydrogen-bond acceptors (Lipinski definition) is 3. The molecule has 0 spiro atoms. The van der Waals surface area contributed by atoms with Crippen molar-refractivity contribution in [2.24, 2.45) is 0 Å². The van der Waals surface area contributed by atoms with Crippen molar-refractivity contribution in [3.8, 4) is 17.2 Å². The lowest BCUT2D eigenvalue weighted by atomic mass is 9.96. The molecule has 0 bridgehead atoms. The van der Waals surface area contributed by atoms with Crippen molar-refractivity contribution in [2.75, 3.05) is 13.2 Å². The van der Waals surface area contributed by atoms with Crippen molar-refractivity contribution in [2.45, 2.75) is 25.4 Å². The molecule has 0 aliphatic carbocycles. The number of halogens is 5. The minimum atomic E-state index is -5.15. The number of hydrogen-bond donors (Lipinski definition) is 0. The van der Waals surface area contributed by atoms with Gasteiger partial charge in [-0.15, -0.1) is 0 Å². The average Bonchev–Trinajstić information content (AvgIpc) is 2.75. The highest BCUT2D eigenvalue weighted by Crippen LogP contribution is 2.43. The predicted molar refractivity (Wildman–Crippen MR) is 114 cm³/mol. The van der Waals surface area contributed by atoms with E-state index < -0.39 is 24.0 Å². The number of rotatable bonds is 9. The van der Waals surface area contributed by atoms with E-state index in [1.54, 1.807) is 55.5 Å². The molecular weight excluding hydrogens is 448 g/mol. The van der Waals surface area contributed by atoms with Gasteiger partial charge < -0.3 is 14.2 Å². The van der Waals surface area contributed by atoms with Crippen molar-refractivity contribution in [3.05, 3.63) is 88.9 Å². The smallest absolute Gasteiger partial charge is 0.429 e. The molecule has 1 atom stereocenters. The molecule has 170 valence electrons. The van der Waals surface area contributed by atoms with Crippen molar-refractivity contribution in [1.82, 2.24) is 0 Å². The molecule has 3 aromatic rings. The van der Waals surface area contributed by atoms with Gasteiger partial charge in [0.05, 0.1) is 19.8 Å². The lowest BCUT2D eigenvalue weighted by Crippen LogP contribution is -2.42. The Morgan fingerprint density at radius 1 is 0.812 bits per heavy atom. The van der Waals surface area contributed by atoms with Crippen molar-refractivity contribution >= 4 is 11.6 Å². The minimum Gasteiger partial charge on any atom is -0.494 e. The molecule has 32 heavy (non-hydrogen) atoms. The van der Waals surface area contributed by atoms with Gasteiger partial charge in [-0.2, -0.15) is 13.2 Å². The van der Waals surface area contributed by atoms with Crippen LogP contribution in [0, 0.1) is 0 Å². The van der Waals surface area contributed by atoms with Crippen LogP contribution in [0.15, 0.2) is 72.8 Å². The van der Waals surface area contributed by atoms with Crippen molar-refractivity contribution in [1.29, 1.82) is 0 Å². The summed E-state index contributed by atoms with van der Waals surface area (Å²) in [5.74, 6) is 1.37. The quantitative estimate of drug-likeness (QED) is 0.305. The van der Waals surface area contributed by atoms with E-state index in [4.69, 9.17) is 25.8 Å². The van der Waals surface area contributed by atoms with Gasteiger partial charge in [0, 0.05) is 10.6 Å². The Kier molecular flexibility index (Phi) is 7.64. The molecule has 0 N–H and O–H groups in total. The van der Waals surface area contributed by atoms with E-state index in [2.05, 4.69) is 0 Å². The molecule has 0 aliphatic rings. The Morgan fingerprint density at radius 3 is 2.09 bits per heavy atom. The normalized spacial score (nSPS) is 13.4. The van der Waals surface area contributed by atoms with Crippen LogP contribution in [0.3, 0.4) is 0 Å². The zero-order valence-corrected chi connectivity index (χ0v) is 17.9. The maximum absolute atomic E-state index is 15.1. The summed E-state index contributed by atoms with van der Waals surface area (Å²) in [4.78, 5) is 0. The van der Waals surface area contributed by atoms with E-state index in [0.717, 1.165) is 12.1 Å². The van der Waals surface area contributed by atoms with Gasteiger partial charge in [-0.05, 0) is 61.0 Å². The molecule has 0 aliphatic heterocycles. The second-order valence-corrected chi connectivity index (χ2v) is 7.39. The van der Waals surface area contributed by atoms with E-state index in [-0.39, 0.29) is 6.61 Å². The third-order valence-corrected chi connectivity index (χ3v) is 4.84. The van der Waals surface area contributed by atoms with Crippen LogP contribution in [0.25, 0.3) is 0 Å². The van der Waals surface area contributed by atoms with Crippen LogP contribution >= 0.6 is 11.6 Å². The van der Waals surface area contributed by atoms with E-state index >= 15 is 4.39 Å². The molecule has 1 unspecified atom stereocenters. The summed E-state index contributed by atoms with van der Waals surface area (Å²) in [6.07, 6.45) is -5.15. The van der Waals surface area contributed by atoms with Gasteiger partial charge in [0.2, 0.25) is 0 Å². The van der Waals surface area contributed by atoms with Gasteiger partial charge in [-0.25, -0.2) is 4.39 Å². The highest BCUT2D eigenvalue weighted by Gasteiger charge is 2.57. The maximum atomic E-state index is 15.1. The number of ether oxygens (including phenoxy) is 3. The van der Waals surface area contributed by atoms with Crippen LogP contribution < -0.4 is 9.47 Å². The Hall–Kier alpha value is -2.77.